The molecule has 28 heavy (non-hydrogen) atoms. The third-order valence-corrected chi connectivity index (χ3v) is 23.7. The molecule has 5 aliphatic rings. The highest BCUT2D eigenvalue weighted by Crippen LogP contribution is 3.22. The number of Topliss-reactive ketones (excluding diaryl/α,β-unsaturated/α-hetero) is 2. The maximum absolute atomic E-state index is 12.9. The Morgan fingerprint density at radius 2 is 1.18 bits per heavy atom. The van der Waals surface area contributed by atoms with Crippen LogP contribution in [0.3, 0.4) is 0 Å². The zero-order chi connectivity index (χ0) is 21.5. The molecule has 0 saturated carbocycles. The van der Waals surface area contributed by atoms with E-state index in [2.05, 4.69) is 74.2 Å². The first-order valence-corrected chi connectivity index (χ1v) is 14.4. The van der Waals surface area contributed by atoms with Crippen molar-refractivity contribution in [1.29, 1.82) is 0 Å². The van der Waals surface area contributed by atoms with Crippen LogP contribution in [0.1, 0.15) is 76.2 Å². The van der Waals surface area contributed by atoms with Crippen LogP contribution < -0.4 is 0 Å². The van der Waals surface area contributed by atoms with Crippen LogP contribution in [0.15, 0.2) is 22.5 Å². The summed E-state index contributed by atoms with van der Waals surface area (Å²) in [6.45, 7) is 25.0. The van der Waals surface area contributed by atoms with Gasteiger partial charge in [-0.05, 0) is 51.8 Å². The summed E-state index contributed by atoms with van der Waals surface area (Å²) >= 11 is 0. The van der Waals surface area contributed by atoms with Gasteiger partial charge >= 0.3 is 0 Å². The van der Waals surface area contributed by atoms with E-state index < -0.39 is 23.8 Å². The molecule has 3 unspecified atom stereocenters. The summed E-state index contributed by atoms with van der Waals surface area (Å²) in [6, 6.07) is 0. The maximum atomic E-state index is 12.9. The van der Waals surface area contributed by atoms with Crippen molar-refractivity contribution in [3.8, 4) is 0 Å². The van der Waals surface area contributed by atoms with E-state index in [0.717, 1.165) is 10.6 Å². The molecule has 5 aliphatic heterocycles. The number of allylic oxidation sites excluding steroid dienone is 3. The van der Waals surface area contributed by atoms with Crippen LogP contribution in [0.4, 0.5) is 0 Å². The molecule has 5 rings (SSSR count). The second-order valence-electron chi connectivity index (χ2n) is 12.0. The minimum Gasteiger partial charge on any atom is -0.294 e. The van der Waals surface area contributed by atoms with Crippen molar-refractivity contribution in [2.75, 3.05) is 0 Å². The molecule has 6 atom stereocenters. The van der Waals surface area contributed by atoms with Crippen molar-refractivity contribution in [3.63, 3.8) is 0 Å². The highest BCUT2D eigenvalue weighted by atomic mass is 31.2. The third-order valence-electron chi connectivity index (χ3n) is 7.45. The summed E-state index contributed by atoms with van der Waals surface area (Å²) in [7, 11) is -1.69. The van der Waals surface area contributed by atoms with Gasteiger partial charge in [0, 0.05) is 25.3 Å². The van der Waals surface area contributed by atoms with Gasteiger partial charge < -0.3 is 0 Å². The van der Waals surface area contributed by atoms with Gasteiger partial charge in [-0.1, -0.05) is 76.3 Å². The molecule has 154 valence electrons. The highest BCUT2D eigenvalue weighted by Gasteiger charge is 2.99. The van der Waals surface area contributed by atoms with Crippen LogP contribution in [-0.2, 0) is 9.59 Å². The Morgan fingerprint density at radius 3 is 1.54 bits per heavy atom. The SMILES string of the molecule is CC(=O)C1=CP2[C@]3(C(C)(C)C)C=C(C(C)=O)P4[C@@]2(C(C)(C)C)[C@]4(C(C)(C)C)P13. The first kappa shape index (κ1) is 21.3. The summed E-state index contributed by atoms with van der Waals surface area (Å²) in [6.07, 6.45) is 2.44. The fraction of sp³-hybridized carbons (Fsp3) is 0.739. The Hall–Kier alpha value is 0.110. The molecule has 0 N–H and O–H groups in total. The molecule has 0 amide bonds. The largest absolute Gasteiger partial charge is 0.294 e. The zero-order valence-electron chi connectivity index (χ0n) is 19.3. The summed E-state index contributed by atoms with van der Waals surface area (Å²) in [4.78, 5) is 26.1. The molecular weight excluding hydrogens is 401 g/mol. The fourth-order valence-electron chi connectivity index (χ4n) is 6.77. The van der Waals surface area contributed by atoms with E-state index in [-0.39, 0.29) is 42.5 Å². The van der Waals surface area contributed by atoms with Gasteiger partial charge in [0.1, 0.15) is 0 Å². The molecule has 5 heteroatoms. The van der Waals surface area contributed by atoms with Gasteiger partial charge in [0.2, 0.25) is 0 Å². The lowest BCUT2D eigenvalue weighted by Crippen LogP contribution is -2.41. The summed E-state index contributed by atoms with van der Waals surface area (Å²) in [5, 5.41) is 2.29. The molecule has 0 spiro atoms. The third kappa shape index (κ3) is 1.82. The normalized spacial score (nSPS) is 43.6. The predicted molar refractivity (Wildman–Crippen MR) is 125 cm³/mol. The van der Waals surface area contributed by atoms with Crippen LogP contribution in [0.2, 0.25) is 0 Å². The highest BCUT2D eigenvalue weighted by molar-refractivity contribution is 8.11. The quantitative estimate of drug-likeness (QED) is 0.417. The van der Waals surface area contributed by atoms with E-state index in [0.29, 0.717) is 0 Å². The Balaban J connectivity index is 2.19. The van der Waals surface area contributed by atoms with Crippen LogP contribution in [-0.4, -0.2) is 26.3 Å². The van der Waals surface area contributed by atoms with E-state index in [1.165, 1.54) is 0 Å². The molecule has 0 aromatic heterocycles. The van der Waals surface area contributed by atoms with Gasteiger partial charge in [0.25, 0.3) is 0 Å². The standard InChI is InChI=1S/C23H35O2P3/c1-14(24)16-12-21(18(3,4)5)26-13-17(15(2)25)27(21)23(20(9,10)11)22(26,28(16)23)19(6,7)8/h12-13H,1-11H3/t21-,22+,23-,26?,27?,28?/m1/s1. The average molecular weight is 436 g/mol. The van der Waals surface area contributed by atoms with Crippen molar-refractivity contribution in [3.05, 3.63) is 22.5 Å². The number of rotatable bonds is 2. The van der Waals surface area contributed by atoms with E-state index in [9.17, 15) is 9.59 Å². The maximum Gasteiger partial charge on any atom is 0.160 e. The minimum absolute atomic E-state index is 0.0166. The summed E-state index contributed by atoms with van der Waals surface area (Å²) < 4.78 is 0. The first-order chi connectivity index (χ1) is 12.5. The van der Waals surface area contributed by atoms with Gasteiger partial charge in [-0.15, -0.1) is 0 Å². The molecule has 6 bridgehead atoms. The van der Waals surface area contributed by atoms with Crippen LogP contribution in [0, 0.1) is 16.2 Å². The smallest absolute Gasteiger partial charge is 0.160 e. The monoisotopic (exact) mass is 436 g/mol. The number of hydrogen-bond acceptors (Lipinski definition) is 2. The minimum atomic E-state index is -0.641. The topological polar surface area (TPSA) is 34.1 Å². The number of carbonyl (C=O) groups is 2. The summed E-state index contributed by atoms with van der Waals surface area (Å²) in [5.41, 5.74) is 0.235. The van der Waals surface area contributed by atoms with Crippen LogP contribution in [0.25, 0.3) is 0 Å². The first-order valence-electron chi connectivity index (χ1n) is 10.3. The van der Waals surface area contributed by atoms with Crippen molar-refractivity contribution in [2.45, 2.75) is 90.9 Å². The molecule has 0 radical (unpaired) electrons. The van der Waals surface area contributed by atoms with Gasteiger partial charge in [0.15, 0.2) is 11.6 Å². The van der Waals surface area contributed by atoms with Crippen LogP contribution in [0.5, 0.6) is 0 Å². The molecule has 2 nitrogen and oxygen atoms in total. The zero-order valence-corrected chi connectivity index (χ0v) is 22.0. The van der Waals surface area contributed by atoms with Gasteiger partial charge in [-0.3, -0.25) is 9.59 Å². The Bertz CT molecular complexity index is 879. The summed E-state index contributed by atoms with van der Waals surface area (Å²) in [5.74, 6) is 3.01. The Morgan fingerprint density at radius 1 is 0.714 bits per heavy atom. The van der Waals surface area contributed by atoms with Gasteiger partial charge in [0.05, 0.1) is 0 Å². The molecule has 2 fully saturated rings. The predicted octanol–water partition coefficient (Wildman–Crippen LogP) is 7.62. The van der Waals surface area contributed by atoms with Gasteiger partial charge in [-0.2, -0.15) is 0 Å². The Kier molecular flexibility index (Phi) is 4.03. The molecule has 0 aliphatic carbocycles. The lowest BCUT2D eigenvalue weighted by Gasteiger charge is -2.54. The van der Waals surface area contributed by atoms with Crippen molar-refractivity contribution >= 4 is 35.3 Å². The number of carbonyl (C=O) groups excluding carboxylic acids is 2. The van der Waals surface area contributed by atoms with E-state index in [4.69, 9.17) is 0 Å². The molecule has 5 heterocycles. The molecule has 0 aromatic carbocycles. The fourth-order valence-corrected chi connectivity index (χ4v) is 28.6. The van der Waals surface area contributed by atoms with E-state index >= 15 is 0 Å². The second kappa shape index (κ2) is 5.29. The second-order valence-corrected chi connectivity index (χ2v) is 20.5. The molecule has 2 saturated heterocycles. The lowest BCUT2D eigenvalue weighted by atomic mass is 9.80. The lowest BCUT2D eigenvalue weighted by molar-refractivity contribution is -0.113. The van der Waals surface area contributed by atoms with Gasteiger partial charge in [-0.25, -0.2) is 0 Å². The van der Waals surface area contributed by atoms with Crippen molar-refractivity contribution < 1.29 is 9.59 Å². The number of ketones is 2. The van der Waals surface area contributed by atoms with Crippen molar-refractivity contribution in [2.24, 2.45) is 16.2 Å². The molecule has 0 aromatic rings. The van der Waals surface area contributed by atoms with E-state index in [1.54, 1.807) is 13.8 Å². The van der Waals surface area contributed by atoms with Crippen LogP contribution >= 0.6 is 23.8 Å². The number of hydrogen-bond donors (Lipinski definition) is 0. The van der Waals surface area contributed by atoms with E-state index in [1.807, 2.05) is 0 Å². The molecular formula is C23H35O2P3. The Labute approximate surface area is 174 Å². The average Bonchev–Trinajstić information content (AvgIpc) is 2.96. The van der Waals surface area contributed by atoms with Crippen molar-refractivity contribution in [1.82, 2.24) is 0 Å².